The van der Waals surface area contributed by atoms with Gasteiger partial charge in [-0.05, 0) is 48.4 Å². The van der Waals surface area contributed by atoms with Gasteiger partial charge >= 0.3 is 0 Å². The number of ether oxygens (including phenoxy) is 1. The molecule has 0 aliphatic rings. The van der Waals surface area contributed by atoms with Crippen LogP contribution >= 0.6 is 0 Å². The Bertz CT molecular complexity index is 842. The average Bonchev–Trinajstić information content (AvgIpc) is 3.08. The number of nitrogens with zero attached hydrogens (tertiary/aromatic N) is 2. The van der Waals surface area contributed by atoms with Crippen molar-refractivity contribution in [3.05, 3.63) is 77.6 Å². The van der Waals surface area contributed by atoms with Crippen LogP contribution in [0.4, 0.5) is 5.69 Å². The predicted molar refractivity (Wildman–Crippen MR) is 93.5 cm³/mol. The summed E-state index contributed by atoms with van der Waals surface area (Å²) in [6, 6.07) is 15.1. The lowest BCUT2D eigenvalue weighted by molar-refractivity contribution is 0.102. The maximum absolute atomic E-state index is 12.4. The first-order chi connectivity index (χ1) is 11.7. The van der Waals surface area contributed by atoms with Gasteiger partial charge in [-0.2, -0.15) is 5.10 Å². The van der Waals surface area contributed by atoms with Crippen molar-refractivity contribution in [3.8, 4) is 5.75 Å². The van der Waals surface area contributed by atoms with Crippen molar-refractivity contribution in [2.24, 2.45) is 0 Å². The first-order valence-electron chi connectivity index (χ1n) is 7.68. The van der Waals surface area contributed by atoms with Crippen LogP contribution in [0.25, 0.3) is 0 Å². The zero-order valence-electron chi connectivity index (χ0n) is 13.7. The molecule has 24 heavy (non-hydrogen) atoms. The van der Waals surface area contributed by atoms with Crippen LogP contribution in [-0.4, -0.2) is 22.8 Å². The molecule has 1 amide bonds. The number of rotatable bonds is 5. The van der Waals surface area contributed by atoms with Crippen LogP contribution in [0.2, 0.25) is 0 Å². The molecule has 0 unspecified atom stereocenters. The van der Waals surface area contributed by atoms with E-state index in [1.165, 1.54) is 0 Å². The summed E-state index contributed by atoms with van der Waals surface area (Å²) in [5.41, 5.74) is 3.38. The van der Waals surface area contributed by atoms with Crippen molar-refractivity contribution in [2.75, 3.05) is 12.4 Å². The molecule has 0 saturated carbocycles. The Hall–Kier alpha value is -3.08. The molecule has 122 valence electrons. The molecule has 0 aliphatic heterocycles. The third-order valence-corrected chi connectivity index (χ3v) is 3.76. The van der Waals surface area contributed by atoms with Gasteiger partial charge in [0, 0.05) is 23.6 Å². The number of carbonyl (C=O) groups is 1. The van der Waals surface area contributed by atoms with Gasteiger partial charge in [-0.25, -0.2) is 0 Å². The summed E-state index contributed by atoms with van der Waals surface area (Å²) in [6.45, 7) is 2.61. The van der Waals surface area contributed by atoms with E-state index in [0.29, 0.717) is 17.9 Å². The van der Waals surface area contributed by atoms with Crippen molar-refractivity contribution in [1.82, 2.24) is 9.78 Å². The van der Waals surface area contributed by atoms with Crippen molar-refractivity contribution in [2.45, 2.75) is 13.5 Å². The van der Waals surface area contributed by atoms with Crippen LogP contribution < -0.4 is 10.1 Å². The second-order valence-electron chi connectivity index (χ2n) is 5.54. The monoisotopic (exact) mass is 321 g/mol. The molecule has 5 heteroatoms. The van der Waals surface area contributed by atoms with Crippen molar-refractivity contribution < 1.29 is 9.53 Å². The predicted octanol–water partition coefficient (Wildman–Crippen LogP) is 3.50. The molecule has 1 N–H and O–H groups in total. The van der Waals surface area contributed by atoms with Crippen LogP contribution in [-0.2, 0) is 6.54 Å². The molecule has 3 rings (SSSR count). The second kappa shape index (κ2) is 7.00. The molecule has 3 aromatic rings. The highest BCUT2D eigenvalue weighted by Crippen LogP contribution is 2.20. The van der Waals surface area contributed by atoms with Gasteiger partial charge in [-0.15, -0.1) is 0 Å². The van der Waals surface area contributed by atoms with E-state index in [9.17, 15) is 4.79 Å². The van der Waals surface area contributed by atoms with E-state index < -0.39 is 0 Å². The fourth-order valence-corrected chi connectivity index (χ4v) is 2.49. The molecule has 1 heterocycles. The van der Waals surface area contributed by atoms with Crippen LogP contribution in [0.1, 0.15) is 21.5 Å². The lowest BCUT2D eigenvalue weighted by Crippen LogP contribution is -2.12. The van der Waals surface area contributed by atoms with Gasteiger partial charge in [0.1, 0.15) is 5.75 Å². The van der Waals surface area contributed by atoms with Crippen LogP contribution in [0.3, 0.4) is 0 Å². The minimum atomic E-state index is -0.162. The van der Waals surface area contributed by atoms with E-state index in [2.05, 4.69) is 10.4 Å². The summed E-state index contributed by atoms with van der Waals surface area (Å²) in [5, 5.41) is 7.12. The van der Waals surface area contributed by atoms with Crippen molar-refractivity contribution in [3.63, 3.8) is 0 Å². The highest BCUT2D eigenvalue weighted by atomic mass is 16.5. The summed E-state index contributed by atoms with van der Waals surface area (Å²) in [7, 11) is 1.60. The summed E-state index contributed by atoms with van der Waals surface area (Å²) in [5.74, 6) is 0.541. The fraction of sp³-hybridized carbons (Fsp3) is 0.158. The lowest BCUT2D eigenvalue weighted by Gasteiger charge is -2.10. The first kappa shape index (κ1) is 15.8. The van der Waals surface area contributed by atoms with Gasteiger partial charge in [-0.3, -0.25) is 9.48 Å². The van der Waals surface area contributed by atoms with Gasteiger partial charge in [0.15, 0.2) is 0 Å². The topological polar surface area (TPSA) is 56.1 Å². The molecule has 0 fully saturated rings. The molecule has 1 aromatic heterocycles. The number of nitrogens with one attached hydrogen (secondary N) is 1. The molecule has 0 bridgehead atoms. The molecular weight excluding hydrogens is 302 g/mol. The molecule has 0 aliphatic carbocycles. The number of hydrogen-bond acceptors (Lipinski definition) is 3. The minimum Gasteiger partial charge on any atom is -0.496 e. The quantitative estimate of drug-likeness (QED) is 0.782. The Balaban J connectivity index is 1.74. The van der Waals surface area contributed by atoms with Crippen molar-refractivity contribution in [1.29, 1.82) is 0 Å². The number of amides is 1. The number of methoxy groups -OCH3 is 1. The van der Waals surface area contributed by atoms with E-state index in [1.54, 1.807) is 25.4 Å². The van der Waals surface area contributed by atoms with Gasteiger partial charge in [0.05, 0.1) is 13.7 Å². The highest BCUT2D eigenvalue weighted by Gasteiger charge is 2.09. The standard InChI is InChI=1S/C19H19N3O2/c1-14-7-8-16(12-18(14)24-2)19(23)21-17-6-3-5-15(11-17)13-22-10-4-9-20-22/h3-12H,13H2,1-2H3,(H,21,23). The number of benzene rings is 2. The summed E-state index contributed by atoms with van der Waals surface area (Å²) in [4.78, 5) is 12.4. The van der Waals surface area contributed by atoms with E-state index in [1.807, 2.05) is 54.2 Å². The molecule has 2 aromatic carbocycles. The number of anilines is 1. The largest absolute Gasteiger partial charge is 0.496 e. The van der Waals surface area contributed by atoms with Gasteiger partial charge < -0.3 is 10.1 Å². The van der Waals surface area contributed by atoms with Crippen molar-refractivity contribution >= 4 is 11.6 Å². The van der Waals surface area contributed by atoms with Gasteiger partial charge in [0.2, 0.25) is 0 Å². The summed E-state index contributed by atoms with van der Waals surface area (Å²) in [6.07, 6.45) is 3.65. The smallest absolute Gasteiger partial charge is 0.255 e. The maximum atomic E-state index is 12.4. The maximum Gasteiger partial charge on any atom is 0.255 e. The minimum absolute atomic E-state index is 0.162. The molecule has 0 saturated heterocycles. The molecule has 0 radical (unpaired) electrons. The van der Waals surface area contributed by atoms with E-state index in [-0.39, 0.29) is 5.91 Å². The van der Waals surface area contributed by atoms with Crippen LogP contribution in [0.5, 0.6) is 5.75 Å². The second-order valence-corrected chi connectivity index (χ2v) is 5.54. The first-order valence-corrected chi connectivity index (χ1v) is 7.68. The van der Waals surface area contributed by atoms with E-state index in [0.717, 1.165) is 16.8 Å². The van der Waals surface area contributed by atoms with E-state index >= 15 is 0 Å². The molecule has 5 nitrogen and oxygen atoms in total. The normalized spacial score (nSPS) is 10.4. The highest BCUT2D eigenvalue weighted by molar-refractivity contribution is 6.04. The Morgan fingerprint density at radius 3 is 2.83 bits per heavy atom. The Morgan fingerprint density at radius 1 is 1.21 bits per heavy atom. The average molecular weight is 321 g/mol. The third-order valence-electron chi connectivity index (χ3n) is 3.76. The number of aryl methyl sites for hydroxylation is 1. The number of aromatic nitrogens is 2. The zero-order valence-corrected chi connectivity index (χ0v) is 13.7. The Morgan fingerprint density at radius 2 is 2.08 bits per heavy atom. The fourth-order valence-electron chi connectivity index (χ4n) is 2.49. The summed E-state index contributed by atoms with van der Waals surface area (Å²) < 4.78 is 7.11. The SMILES string of the molecule is COc1cc(C(=O)Nc2cccc(Cn3cccn3)c2)ccc1C. The van der Waals surface area contributed by atoms with Crippen LogP contribution in [0.15, 0.2) is 60.9 Å². The molecule has 0 spiro atoms. The molecular formula is C19H19N3O2. The van der Waals surface area contributed by atoms with Gasteiger partial charge in [0.25, 0.3) is 5.91 Å². The number of carbonyl (C=O) groups excluding carboxylic acids is 1. The summed E-state index contributed by atoms with van der Waals surface area (Å²) >= 11 is 0. The van der Waals surface area contributed by atoms with Gasteiger partial charge in [-0.1, -0.05) is 18.2 Å². The van der Waals surface area contributed by atoms with Crippen LogP contribution in [0, 0.1) is 6.92 Å². The van der Waals surface area contributed by atoms with E-state index in [4.69, 9.17) is 4.74 Å². The third kappa shape index (κ3) is 3.63. The number of hydrogen-bond donors (Lipinski definition) is 1. The lowest BCUT2D eigenvalue weighted by atomic mass is 10.1. The molecule has 0 atom stereocenters. The Labute approximate surface area is 140 Å². The Kier molecular flexibility index (Phi) is 4.61. The zero-order chi connectivity index (χ0) is 16.9.